The Morgan fingerprint density at radius 2 is 1.85 bits per heavy atom. The number of pyridine rings is 1. The van der Waals surface area contributed by atoms with Gasteiger partial charge in [0.15, 0.2) is 0 Å². The van der Waals surface area contributed by atoms with Crippen LogP contribution in [0.1, 0.15) is 59.4 Å². The summed E-state index contributed by atoms with van der Waals surface area (Å²) in [5, 5.41) is 2.95. The van der Waals surface area contributed by atoms with Crippen molar-refractivity contribution < 1.29 is 14.3 Å². The van der Waals surface area contributed by atoms with Crippen LogP contribution in [-0.4, -0.2) is 60.8 Å². The van der Waals surface area contributed by atoms with E-state index < -0.39 is 0 Å². The number of rotatable bonds is 10. The van der Waals surface area contributed by atoms with Gasteiger partial charge >= 0.3 is 0 Å². The molecule has 0 spiro atoms. The summed E-state index contributed by atoms with van der Waals surface area (Å²) in [4.78, 5) is 33.5. The summed E-state index contributed by atoms with van der Waals surface area (Å²) in [6.45, 7) is 7.08. The molecule has 0 unspecified atom stereocenters. The fourth-order valence-corrected chi connectivity index (χ4v) is 4.50. The zero-order valence-corrected chi connectivity index (χ0v) is 20.7. The van der Waals surface area contributed by atoms with Gasteiger partial charge in [-0.05, 0) is 62.3 Å². The molecule has 1 N–H and O–H groups in total. The number of thioether (sulfide) groups is 1. The fourth-order valence-electron chi connectivity index (χ4n) is 4.09. The number of ether oxygens (including phenoxy) is 1. The van der Waals surface area contributed by atoms with E-state index in [0.29, 0.717) is 44.8 Å². The van der Waals surface area contributed by atoms with Crippen LogP contribution in [0.25, 0.3) is 0 Å². The standard InChI is InChI=1S/C26H35N3O3S/c1-4-16-32-17-13-27-26(31)23-10-5-19(2)28-25(23)21-11-14-29(15-12-21)24(30)18-20-6-8-22(33-3)9-7-20/h5-10,21H,4,11-18H2,1-3H3,(H,27,31). The van der Waals surface area contributed by atoms with Crippen LogP contribution in [0.15, 0.2) is 41.3 Å². The van der Waals surface area contributed by atoms with Crippen LogP contribution in [0.3, 0.4) is 0 Å². The number of likely N-dealkylation sites (tertiary alicyclic amines) is 1. The maximum Gasteiger partial charge on any atom is 0.253 e. The molecule has 6 nitrogen and oxygen atoms in total. The fraction of sp³-hybridized carbons (Fsp3) is 0.500. The highest BCUT2D eigenvalue weighted by atomic mass is 32.2. The van der Waals surface area contributed by atoms with Gasteiger partial charge in [-0.3, -0.25) is 14.6 Å². The number of carbonyl (C=O) groups is 2. The molecule has 1 aliphatic heterocycles. The van der Waals surface area contributed by atoms with Gasteiger partial charge in [0, 0.05) is 42.7 Å². The number of piperidine rings is 1. The number of aromatic nitrogens is 1. The number of nitrogens with one attached hydrogen (secondary N) is 1. The summed E-state index contributed by atoms with van der Waals surface area (Å²) >= 11 is 1.70. The van der Waals surface area contributed by atoms with E-state index in [0.717, 1.165) is 36.2 Å². The average molecular weight is 470 g/mol. The first-order valence-corrected chi connectivity index (χ1v) is 13.0. The second-order valence-electron chi connectivity index (χ2n) is 8.43. The summed E-state index contributed by atoms with van der Waals surface area (Å²) < 4.78 is 5.45. The van der Waals surface area contributed by atoms with Crippen molar-refractivity contribution in [2.75, 3.05) is 39.1 Å². The predicted octanol–water partition coefficient (Wildman–Crippen LogP) is 4.22. The van der Waals surface area contributed by atoms with E-state index in [9.17, 15) is 9.59 Å². The molecule has 33 heavy (non-hydrogen) atoms. The van der Waals surface area contributed by atoms with Crippen LogP contribution in [0, 0.1) is 6.92 Å². The van der Waals surface area contributed by atoms with Crippen molar-refractivity contribution in [3.8, 4) is 0 Å². The molecule has 3 rings (SSSR count). The maximum atomic E-state index is 12.8. The molecule has 2 aromatic rings. The lowest BCUT2D eigenvalue weighted by Crippen LogP contribution is -2.39. The van der Waals surface area contributed by atoms with Crippen LogP contribution in [0.4, 0.5) is 0 Å². The number of nitrogens with zero attached hydrogens (tertiary/aromatic N) is 2. The van der Waals surface area contributed by atoms with Crippen molar-refractivity contribution in [3.05, 3.63) is 58.9 Å². The quantitative estimate of drug-likeness (QED) is 0.417. The number of hydrogen-bond acceptors (Lipinski definition) is 5. The van der Waals surface area contributed by atoms with Crippen LogP contribution in [0.2, 0.25) is 0 Å². The Labute approximate surface area is 201 Å². The van der Waals surface area contributed by atoms with Gasteiger partial charge < -0.3 is 15.0 Å². The van der Waals surface area contributed by atoms with Crippen LogP contribution in [0.5, 0.6) is 0 Å². The van der Waals surface area contributed by atoms with Gasteiger partial charge in [0.25, 0.3) is 5.91 Å². The molecular weight excluding hydrogens is 434 g/mol. The van der Waals surface area contributed by atoms with E-state index in [1.54, 1.807) is 11.8 Å². The molecular formula is C26H35N3O3S. The first-order valence-electron chi connectivity index (χ1n) is 11.8. The molecule has 0 atom stereocenters. The molecule has 1 aromatic carbocycles. The number of hydrogen-bond donors (Lipinski definition) is 1. The molecule has 0 aliphatic carbocycles. The molecule has 0 bridgehead atoms. The molecule has 0 saturated carbocycles. The van der Waals surface area contributed by atoms with Gasteiger partial charge in [-0.1, -0.05) is 19.1 Å². The van der Waals surface area contributed by atoms with Gasteiger partial charge in [-0.2, -0.15) is 0 Å². The van der Waals surface area contributed by atoms with Crippen molar-refractivity contribution in [3.63, 3.8) is 0 Å². The second-order valence-corrected chi connectivity index (χ2v) is 9.31. The third kappa shape index (κ3) is 7.30. The highest BCUT2D eigenvalue weighted by molar-refractivity contribution is 7.98. The smallest absolute Gasteiger partial charge is 0.253 e. The van der Waals surface area contributed by atoms with Crippen molar-refractivity contribution >= 4 is 23.6 Å². The molecule has 2 amide bonds. The minimum Gasteiger partial charge on any atom is -0.380 e. The molecule has 7 heteroatoms. The summed E-state index contributed by atoms with van der Waals surface area (Å²) in [7, 11) is 0. The normalized spacial score (nSPS) is 14.3. The Morgan fingerprint density at radius 3 is 2.52 bits per heavy atom. The number of aryl methyl sites for hydroxylation is 1. The lowest BCUT2D eigenvalue weighted by atomic mass is 9.89. The highest BCUT2D eigenvalue weighted by Gasteiger charge is 2.28. The van der Waals surface area contributed by atoms with E-state index in [1.807, 2.05) is 42.3 Å². The number of carbonyl (C=O) groups excluding carboxylic acids is 2. The molecule has 1 saturated heterocycles. The number of benzene rings is 1. The molecule has 1 fully saturated rings. The molecule has 1 aliphatic rings. The zero-order chi connectivity index (χ0) is 23.6. The minimum absolute atomic E-state index is 0.107. The van der Waals surface area contributed by atoms with Crippen LogP contribution >= 0.6 is 11.8 Å². The van der Waals surface area contributed by atoms with Crippen molar-refractivity contribution in [2.24, 2.45) is 0 Å². The second kappa shape index (κ2) is 12.8. The van der Waals surface area contributed by atoms with E-state index in [2.05, 4.69) is 24.4 Å². The van der Waals surface area contributed by atoms with Gasteiger partial charge in [0.1, 0.15) is 0 Å². The molecule has 2 heterocycles. The van der Waals surface area contributed by atoms with E-state index in [4.69, 9.17) is 9.72 Å². The largest absolute Gasteiger partial charge is 0.380 e. The van der Waals surface area contributed by atoms with Crippen molar-refractivity contribution in [1.82, 2.24) is 15.2 Å². The van der Waals surface area contributed by atoms with E-state index >= 15 is 0 Å². The summed E-state index contributed by atoms with van der Waals surface area (Å²) in [5.41, 5.74) is 3.43. The molecule has 0 radical (unpaired) electrons. The number of amides is 2. The third-order valence-electron chi connectivity index (χ3n) is 5.94. The van der Waals surface area contributed by atoms with Gasteiger partial charge in [-0.25, -0.2) is 0 Å². The topological polar surface area (TPSA) is 71.5 Å². The van der Waals surface area contributed by atoms with Gasteiger partial charge in [-0.15, -0.1) is 11.8 Å². The summed E-state index contributed by atoms with van der Waals surface area (Å²) in [5.74, 6) is 0.226. The summed E-state index contributed by atoms with van der Waals surface area (Å²) in [6.07, 6.45) is 5.06. The minimum atomic E-state index is -0.107. The van der Waals surface area contributed by atoms with Gasteiger partial charge in [0.2, 0.25) is 5.91 Å². The first-order chi connectivity index (χ1) is 16.0. The third-order valence-corrected chi connectivity index (χ3v) is 6.68. The Hall–Kier alpha value is -2.38. The maximum absolute atomic E-state index is 12.8. The van der Waals surface area contributed by atoms with Crippen molar-refractivity contribution in [2.45, 2.75) is 50.3 Å². The van der Waals surface area contributed by atoms with Crippen molar-refractivity contribution in [1.29, 1.82) is 0 Å². The molecule has 178 valence electrons. The average Bonchev–Trinajstić information content (AvgIpc) is 2.84. The summed E-state index contributed by atoms with van der Waals surface area (Å²) in [6, 6.07) is 11.9. The van der Waals surface area contributed by atoms with Crippen LogP contribution < -0.4 is 5.32 Å². The first kappa shape index (κ1) is 25.2. The van der Waals surface area contributed by atoms with Crippen LogP contribution in [-0.2, 0) is 16.0 Å². The molecule has 1 aromatic heterocycles. The SMILES string of the molecule is CCCOCCNC(=O)c1ccc(C)nc1C1CCN(C(=O)Cc2ccc(SC)cc2)CC1. The Balaban J connectivity index is 1.57. The van der Waals surface area contributed by atoms with E-state index in [1.165, 1.54) is 4.90 Å². The lowest BCUT2D eigenvalue weighted by molar-refractivity contribution is -0.131. The van der Waals surface area contributed by atoms with Gasteiger partial charge in [0.05, 0.1) is 24.3 Å². The Kier molecular flexibility index (Phi) is 9.76. The van der Waals surface area contributed by atoms with E-state index in [-0.39, 0.29) is 17.7 Å². The lowest BCUT2D eigenvalue weighted by Gasteiger charge is -2.32. The Morgan fingerprint density at radius 1 is 1.12 bits per heavy atom. The monoisotopic (exact) mass is 469 g/mol. The predicted molar refractivity (Wildman–Crippen MR) is 133 cm³/mol. The zero-order valence-electron chi connectivity index (χ0n) is 19.9. The Bertz CT molecular complexity index is 925. The highest BCUT2D eigenvalue weighted by Crippen LogP contribution is 2.30.